The number of benzene rings is 1. The number of hydrogen-bond donors (Lipinski definition) is 3. The van der Waals surface area contributed by atoms with E-state index >= 15 is 0 Å². The van der Waals surface area contributed by atoms with Gasteiger partial charge in [0.05, 0.1) is 18.6 Å². The molecule has 0 spiro atoms. The summed E-state index contributed by atoms with van der Waals surface area (Å²) < 4.78 is 59.5. The van der Waals surface area contributed by atoms with Crippen LogP contribution in [-0.2, 0) is 15.8 Å². The Morgan fingerprint density at radius 3 is 2.67 bits per heavy atom. The van der Waals surface area contributed by atoms with Crippen LogP contribution in [0.1, 0.15) is 53.6 Å². The lowest BCUT2D eigenvalue weighted by Gasteiger charge is -2.30. The lowest BCUT2D eigenvalue weighted by molar-refractivity contribution is -0.140. The molecule has 2 aromatic rings. The predicted molar refractivity (Wildman–Crippen MR) is 156 cm³/mol. The fraction of sp³-hybridized carbons (Fsp3) is 0.500. The van der Waals surface area contributed by atoms with Crippen LogP contribution in [0.25, 0.3) is 0 Å². The number of alkyl halides is 3. The van der Waals surface area contributed by atoms with Crippen molar-refractivity contribution in [2.24, 2.45) is 34.7 Å². The number of rotatable bonds is 8. The first-order valence-corrected chi connectivity index (χ1v) is 15.4. The maximum Gasteiger partial charge on any atom is 0.419 e. The topological polar surface area (TPSA) is 125 Å². The Labute approximate surface area is 261 Å². The summed E-state index contributed by atoms with van der Waals surface area (Å²) in [5.74, 6) is -2.60. The first-order chi connectivity index (χ1) is 22.0. The fourth-order valence-electron chi connectivity index (χ4n) is 7.45. The van der Waals surface area contributed by atoms with Crippen molar-refractivity contribution >= 4 is 23.3 Å². The highest BCUT2D eigenvalue weighted by molar-refractivity contribution is 6.04. The second kappa shape index (κ2) is 11.6. The highest BCUT2D eigenvalue weighted by Crippen LogP contribution is 2.54. The molecular formula is C32H33F4N5O5. The molecule has 3 N–H and O–H groups in total. The van der Waals surface area contributed by atoms with Crippen molar-refractivity contribution in [2.75, 3.05) is 25.6 Å². The molecule has 3 heterocycles. The van der Waals surface area contributed by atoms with Gasteiger partial charge in [0.2, 0.25) is 18.0 Å². The molecule has 1 aromatic carbocycles. The van der Waals surface area contributed by atoms with Crippen LogP contribution in [0.4, 0.5) is 23.2 Å². The molecule has 244 valence electrons. The number of nitrogens with one attached hydrogen (secondary N) is 2. The van der Waals surface area contributed by atoms with Gasteiger partial charge in [-0.2, -0.15) is 13.2 Å². The predicted octanol–water partition coefficient (Wildman–Crippen LogP) is 4.31. The number of carbonyl (C=O) groups excluding carboxylic acids is 2. The number of hydrogen-bond acceptors (Lipinski definition) is 8. The van der Waals surface area contributed by atoms with Gasteiger partial charge < -0.3 is 30.2 Å². The first kappa shape index (κ1) is 30.5. The molecule has 5 aliphatic rings. The van der Waals surface area contributed by atoms with Crippen LogP contribution >= 0.6 is 0 Å². The van der Waals surface area contributed by atoms with E-state index in [2.05, 4.69) is 26.8 Å². The van der Waals surface area contributed by atoms with E-state index < -0.39 is 41.3 Å². The van der Waals surface area contributed by atoms with E-state index in [4.69, 9.17) is 9.57 Å². The third-order valence-electron chi connectivity index (χ3n) is 9.76. The Kier molecular flexibility index (Phi) is 7.65. The number of nitrogens with zero attached hydrogens (tertiary/aromatic N) is 3. The van der Waals surface area contributed by atoms with Crippen LogP contribution < -0.4 is 15.4 Å². The molecule has 46 heavy (non-hydrogen) atoms. The van der Waals surface area contributed by atoms with Crippen molar-refractivity contribution in [3.8, 4) is 5.88 Å². The lowest BCUT2D eigenvalue weighted by Crippen LogP contribution is -2.48. The zero-order valence-corrected chi connectivity index (χ0v) is 24.9. The van der Waals surface area contributed by atoms with Gasteiger partial charge in [0.25, 0.3) is 5.91 Å². The number of aliphatic hydroxyl groups is 1. The molecule has 14 heteroatoms. The molecule has 1 saturated heterocycles. The van der Waals surface area contributed by atoms with E-state index in [1.54, 1.807) is 6.07 Å². The summed E-state index contributed by atoms with van der Waals surface area (Å²) in [6.45, 7) is 0.544. The number of aliphatic hydroxyl groups excluding tert-OH is 1. The quantitative estimate of drug-likeness (QED) is 0.289. The number of oxime groups is 1. The highest BCUT2D eigenvalue weighted by atomic mass is 19.4. The Morgan fingerprint density at radius 2 is 1.96 bits per heavy atom. The van der Waals surface area contributed by atoms with E-state index in [1.165, 1.54) is 13.3 Å². The van der Waals surface area contributed by atoms with Gasteiger partial charge >= 0.3 is 6.18 Å². The molecule has 0 unspecified atom stereocenters. The molecule has 7 rings (SSSR count). The summed E-state index contributed by atoms with van der Waals surface area (Å²) in [5, 5.41) is 19.4. The molecule has 2 amide bonds. The van der Waals surface area contributed by atoms with E-state index in [0.29, 0.717) is 48.8 Å². The average Bonchev–Trinajstić information content (AvgIpc) is 3.30. The summed E-state index contributed by atoms with van der Waals surface area (Å²) in [4.78, 5) is 39.5. The zero-order chi connectivity index (χ0) is 32.3. The molecule has 3 aliphatic carbocycles. The van der Waals surface area contributed by atoms with Crippen molar-refractivity contribution in [1.82, 2.24) is 15.2 Å². The number of fused-ring (bicyclic) bond motifs is 3. The fourth-order valence-corrected chi connectivity index (χ4v) is 7.45. The van der Waals surface area contributed by atoms with E-state index in [9.17, 15) is 32.3 Å². The van der Waals surface area contributed by atoms with E-state index in [-0.39, 0.29) is 47.7 Å². The zero-order valence-electron chi connectivity index (χ0n) is 24.9. The van der Waals surface area contributed by atoms with E-state index in [1.807, 2.05) is 4.90 Å². The SMILES string of the molecule is COc1ncc(C2=NO[C@@H]3C[C@H](CO)CN23)cc1C(=O)N[C@H]1[C@@H](C(=O)Nc2ccc(F)c(C(F)(F)F)c2)[C@H]2CC[C@@H]1/C2=C\C1CC1. The van der Waals surface area contributed by atoms with Crippen LogP contribution in [-0.4, -0.2) is 65.2 Å². The van der Waals surface area contributed by atoms with Gasteiger partial charge in [-0.05, 0) is 61.8 Å². The molecule has 1 aromatic heterocycles. The maximum absolute atomic E-state index is 13.9. The van der Waals surface area contributed by atoms with Crippen molar-refractivity contribution in [2.45, 2.75) is 50.6 Å². The first-order valence-electron chi connectivity index (χ1n) is 15.4. The third-order valence-corrected chi connectivity index (χ3v) is 9.76. The second-order valence-electron chi connectivity index (χ2n) is 12.7. The summed E-state index contributed by atoms with van der Waals surface area (Å²) in [7, 11) is 1.39. The van der Waals surface area contributed by atoms with Crippen molar-refractivity contribution in [3.05, 3.63) is 64.6 Å². The molecule has 4 fully saturated rings. The van der Waals surface area contributed by atoms with Gasteiger partial charge in [-0.15, -0.1) is 0 Å². The number of amides is 2. The molecule has 2 bridgehead atoms. The minimum atomic E-state index is -4.93. The van der Waals surface area contributed by atoms with Gasteiger partial charge in [0.15, 0.2) is 5.84 Å². The maximum atomic E-state index is 13.9. The van der Waals surface area contributed by atoms with Crippen LogP contribution in [0.2, 0.25) is 0 Å². The molecule has 2 aliphatic heterocycles. The normalized spacial score (nSPS) is 29.0. The number of pyridine rings is 1. The Hall–Kier alpha value is -4.20. The van der Waals surface area contributed by atoms with Gasteiger partial charge in [-0.1, -0.05) is 16.8 Å². The number of anilines is 1. The van der Waals surface area contributed by atoms with Crippen LogP contribution in [0, 0.1) is 35.4 Å². The number of ether oxygens (including phenoxy) is 1. The van der Waals surface area contributed by atoms with Gasteiger partial charge in [-0.3, -0.25) is 9.59 Å². The second-order valence-corrected chi connectivity index (χ2v) is 12.7. The monoisotopic (exact) mass is 643 g/mol. The summed E-state index contributed by atoms with van der Waals surface area (Å²) in [6.07, 6.45) is 2.64. The number of allylic oxidation sites excluding steroid dienone is 1. The lowest BCUT2D eigenvalue weighted by atomic mass is 9.83. The number of methoxy groups -OCH3 is 1. The third kappa shape index (κ3) is 5.46. The minimum Gasteiger partial charge on any atom is -0.480 e. The Morgan fingerprint density at radius 1 is 1.17 bits per heavy atom. The molecule has 10 nitrogen and oxygen atoms in total. The smallest absolute Gasteiger partial charge is 0.419 e. The van der Waals surface area contributed by atoms with Gasteiger partial charge in [0.1, 0.15) is 11.4 Å². The summed E-state index contributed by atoms with van der Waals surface area (Å²) in [5.41, 5.74) is 0.0765. The Balaban J connectivity index is 1.16. The summed E-state index contributed by atoms with van der Waals surface area (Å²) in [6, 6.07) is 3.30. The van der Waals surface area contributed by atoms with Crippen LogP contribution in [0.3, 0.4) is 0 Å². The standard InChI is InChI=1S/C32H33F4N5O5/c1-45-31-22(10-17(12-37-31)28-40-46-25-9-16(14-42)13-41(25)28)29(43)39-27-20-6-5-19(21(20)8-15-2-3-15)26(27)30(44)38-18-4-7-24(33)23(11-18)32(34,35)36/h4,7-8,10-12,15-16,19-20,25-27,42H,2-3,5-6,9,13-14H2,1H3,(H,38,44)(H,39,43)/b21-8-/t16-,19-,20+,25+,26-,27+/m0/s1. The molecule has 0 radical (unpaired) electrons. The Bertz CT molecular complexity index is 1630. The summed E-state index contributed by atoms with van der Waals surface area (Å²) >= 11 is 0. The van der Waals surface area contributed by atoms with Gasteiger partial charge in [0, 0.05) is 54.9 Å². The van der Waals surface area contributed by atoms with Gasteiger partial charge in [-0.25, -0.2) is 9.37 Å². The molecular weight excluding hydrogens is 610 g/mol. The van der Waals surface area contributed by atoms with E-state index in [0.717, 1.165) is 30.9 Å². The van der Waals surface area contributed by atoms with Crippen LogP contribution in [0.5, 0.6) is 5.88 Å². The van der Waals surface area contributed by atoms with Crippen LogP contribution in [0.15, 0.2) is 47.3 Å². The van der Waals surface area contributed by atoms with Crippen molar-refractivity contribution in [1.29, 1.82) is 0 Å². The molecule has 6 atom stereocenters. The highest BCUT2D eigenvalue weighted by Gasteiger charge is 2.55. The number of amidine groups is 1. The number of halogens is 4. The number of carbonyl (C=O) groups is 2. The van der Waals surface area contributed by atoms with Crippen molar-refractivity contribution < 1.29 is 41.8 Å². The molecule has 3 saturated carbocycles. The largest absolute Gasteiger partial charge is 0.480 e. The number of aromatic nitrogens is 1. The average molecular weight is 644 g/mol. The minimum absolute atomic E-state index is 0.0122. The van der Waals surface area contributed by atoms with Crippen molar-refractivity contribution in [3.63, 3.8) is 0 Å².